The van der Waals surface area contributed by atoms with Gasteiger partial charge in [0.1, 0.15) is 11.6 Å². The van der Waals surface area contributed by atoms with Crippen LogP contribution in [0.4, 0.5) is 8.78 Å². The standard InChI is InChI=1S/C37H49F2N3O3/c1-5-8-9-11-27-12-10-13-28(18-27)24-40-25-35(43)34(21-29-19-32(38)23-33(39)20-29)41-36(44)30-16-26(4)17-31(22-30)37(45)42(14-6-2)15-7-3/h10,12-13,16-20,22-23,34-35,40,43H,5-9,11,14-15,21,24-25H2,1-4H3,(H,41,44)/t34-,35+/m0/s1. The average molecular weight is 622 g/mol. The molecular formula is C37H49F2N3O3. The minimum Gasteiger partial charge on any atom is -0.390 e. The van der Waals surface area contributed by atoms with Gasteiger partial charge in [0.25, 0.3) is 11.8 Å². The zero-order valence-electron chi connectivity index (χ0n) is 27.2. The second-order valence-electron chi connectivity index (χ2n) is 11.9. The lowest BCUT2D eigenvalue weighted by atomic mass is 9.99. The Hall–Kier alpha value is -3.62. The number of nitrogens with zero attached hydrogens (tertiary/aromatic N) is 1. The Morgan fingerprint density at radius 3 is 2.16 bits per heavy atom. The third kappa shape index (κ3) is 11.7. The Kier molecular flexibility index (Phi) is 14.6. The zero-order valence-corrected chi connectivity index (χ0v) is 27.2. The third-order valence-corrected chi connectivity index (χ3v) is 7.76. The van der Waals surface area contributed by atoms with E-state index in [1.807, 2.05) is 32.9 Å². The van der Waals surface area contributed by atoms with Gasteiger partial charge in [-0.05, 0) is 91.6 Å². The number of aryl methyl sites for hydroxylation is 2. The summed E-state index contributed by atoms with van der Waals surface area (Å²) in [6.45, 7) is 9.94. The van der Waals surface area contributed by atoms with Crippen LogP contribution in [-0.4, -0.2) is 53.6 Å². The first-order chi connectivity index (χ1) is 21.6. The number of unbranched alkanes of at least 4 members (excludes halogenated alkanes) is 2. The number of rotatable bonds is 18. The molecule has 0 saturated heterocycles. The molecule has 3 aromatic rings. The van der Waals surface area contributed by atoms with Gasteiger partial charge in [0.05, 0.1) is 12.1 Å². The molecule has 3 rings (SSSR count). The summed E-state index contributed by atoms with van der Waals surface area (Å²) in [5, 5.41) is 17.4. The molecule has 3 aromatic carbocycles. The molecule has 0 aromatic heterocycles. The number of hydrogen-bond donors (Lipinski definition) is 3. The minimum atomic E-state index is -1.07. The highest BCUT2D eigenvalue weighted by molar-refractivity contribution is 6.00. The summed E-state index contributed by atoms with van der Waals surface area (Å²) >= 11 is 0. The van der Waals surface area contributed by atoms with E-state index in [2.05, 4.69) is 29.7 Å². The molecule has 0 radical (unpaired) electrons. The van der Waals surface area contributed by atoms with Crippen LogP contribution in [0.15, 0.2) is 60.7 Å². The number of aliphatic hydroxyl groups excluding tert-OH is 1. The number of carbonyl (C=O) groups is 2. The molecule has 244 valence electrons. The Bertz CT molecular complexity index is 1370. The van der Waals surface area contributed by atoms with Crippen molar-refractivity contribution in [3.8, 4) is 0 Å². The SMILES string of the molecule is CCCCCc1cccc(CNC[C@@H](O)[C@H](Cc2cc(F)cc(F)c2)NC(=O)c2cc(C)cc(C(=O)N(CCC)CCC)c2)c1. The van der Waals surface area contributed by atoms with Crippen molar-refractivity contribution in [1.29, 1.82) is 0 Å². The third-order valence-electron chi connectivity index (χ3n) is 7.76. The van der Waals surface area contributed by atoms with E-state index < -0.39 is 29.7 Å². The van der Waals surface area contributed by atoms with Crippen molar-refractivity contribution in [2.45, 2.75) is 91.3 Å². The first-order valence-electron chi connectivity index (χ1n) is 16.3. The highest BCUT2D eigenvalue weighted by Crippen LogP contribution is 2.16. The Labute approximate surface area is 267 Å². The molecular weight excluding hydrogens is 572 g/mol. The van der Waals surface area contributed by atoms with Gasteiger partial charge in [-0.3, -0.25) is 9.59 Å². The van der Waals surface area contributed by atoms with E-state index in [0.717, 1.165) is 42.9 Å². The molecule has 8 heteroatoms. The van der Waals surface area contributed by atoms with Crippen molar-refractivity contribution in [3.63, 3.8) is 0 Å². The summed E-state index contributed by atoms with van der Waals surface area (Å²) in [5.74, 6) is -2.08. The fourth-order valence-corrected chi connectivity index (χ4v) is 5.57. The Morgan fingerprint density at radius 2 is 1.49 bits per heavy atom. The topological polar surface area (TPSA) is 81.7 Å². The molecule has 0 aliphatic carbocycles. The lowest BCUT2D eigenvalue weighted by molar-refractivity contribution is 0.0755. The molecule has 0 aliphatic heterocycles. The van der Waals surface area contributed by atoms with E-state index in [4.69, 9.17) is 0 Å². The summed E-state index contributed by atoms with van der Waals surface area (Å²) < 4.78 is 28.1. The first-order valence-corrected chi connectivity index (χ1v) is 16.3. The molecule has 0 spiro atoms. The van der Waals surface area contributed by atoms with Crippen LogP contribution < -0.4 is 10.6 Å². The largest absolute Gasteiger partial charge is 0.390 e. The van der Waals surface area contributed by atoms with Crippen LogP contribution in [0.3, 0.4) is 0 Å². The summed E-state index contributed by atoms with van der Waals surface area (Å²) in [6.07, 6.45) is 5.10. The van der Waals surface area contributed by atoms with Crippen LogP contribution in [0, 0.1) is 18.6 Å². The van der Waals surface area contributed by atoms with Crippen LogP contribution >= 0.6 is 0 Å². The number of benzene rings is 3. The summed E-state index contributed by atoms with van der Waals surface area (Å²) in [7, 11) is 0. The summed E-state index contributed by atoms with van der Waals surface area (Å²) in [6, 6.07) is 15.7. The molecule has 6 nitrogen and oxygen atoms in total. The molecule has 0 heterocycles. The number of nitrogens with one attached hydrogen (secondary N) is 2. The zero-order chi connectivity index (χ0) is 32.8. The van der Waals surface area contributed by atoms with Crippen molar-refractivity contribution in [1.82, 2.24) is 15.5 Å². The van der Waals surface area contributed by atoms with E-state index >= 15 is 0 Å². The highest BCUT2D eigenvalue weighted by atomic mass is 19.1. The van der Waals surface area contributed by atoms with Gasteiger partial charge in [0.2, 0.25) is 0 Å². The van der Waals surface area contributed by atoms with Crippen molar-refractivity contribution in [2.24, 2.45) is 0 Å². The molecule has 45 heavy (non-hydrogen) atoms. The lowest BCUT2D eigenvalue weighted by Crippen LogP contribution is -2.48. The number of carbonyl (C=O) groups excluding carboxylic acids is 2. The molecule has 0 bridgehead atoms. The van der Waals surface area contributed by atoms with Crippen molar-refractivity contribution < 1.29 is 23.5 Å². The Morgan fingerprint density at radius 1 is 0.822 bits per heavy atom. The lowest BCUT2D eigenvalue weighted by Gasteiger charge is -2.25. The Balaban J connectivity index is 1.77. The van der Waals surface area contributed by atoms with Gasteiger partial charge >= 0.3 is 0 Å². The summed E-state index contributed by atoms with van der Waals surface area (Å²) in [4.78, 5) is 28.6. The van der Waals surface area contributed by atoms with Gasteiger partial charge in [-0.25, -0.2) is 8.78 Å². The van der Waals surface area contributed by atoms with E-state index in [9.17, 15) is 23.5 Å². The molecule has 2 amide bonds. The number of halogens is 2. The number of hydrogen-bond acceptors (Lipinski definition) is 4. The monoisotopic (exact) mass is 621 g/mol. The van der Waals surface area contributed by atoms with E-state index in [0.29, 0.717) is 30.8 Å². The quantitative estimate of drug-likeness (QED) is 0.137. The van der Waals surface area contributed by atoms with Gasteiger partial charge < -0.3 is 20.6 Å². The van der Waals surface area contributed by atoms with E-state index in [-0.39, 0.29) is 24.4 Å². The van der Waals surface area contributed by atoms with Gasteiger partial charge in [-0.1, -0.05) is 57.9 Å². The number of amides is 2. The van der Waals surface area contributed by atoms with Crippen molar-refractivity contribution in [3.05, 3.63) is 106 Å². The van der Waals surface area contributed by atoms with Gasteiger partial charge in [0.15, 0.2) is 0 Å². The molecule has 0 unspecified atom stereocenters. The predicted molar refractivity (Wildman–Crippen MR) is 176 cm³/mol. The van der Waals surface area contributed by atoms with Gasteiger partial charge in [-0.15, -0.1) is 0 Å². The molecule has 0 aliphatic rings. The highest BCUT2D eigenvalue weighted by Gasteiger charge is 2.24. The molecule has 0 fully saturated rings. The van der Waals surface area contributed by atoms with Gasteiger partial charge in [-0.2, -0.15) is 0 Å². The van der Waals surface area contributed by atoms with Crippen molar-refractivity contribution in [2.75, 3.05) is 19.6 Å². The second-order valence-corrected chi connectivity index (χ2v) is 11.9. The normalized spacial score (nSPS) is 12.5. The number of aliphatic hydroxyl groups is 1. The predicted octanol–water partition coefficient (Wildman–Crippen LogP) is 6.76. The molecule has 2 atom stereocenters. The minimum absolute atomic E-state index is 0.00849. The molecule has 3 N–H and O–H groups in total. The fourth-order valence-electron chi connectivity index (χ4n) is 5.57. The maximum Gasteiger partial charge on any atom is 0.253 e. The van der Waals surface area contributed by atoms with Crippen LogP contribution in [0.2, 0.25) is 0 Å². The average Bonchev–Trinajstić information content (AvgIpc) is 2.99. The van der Waals surface area contributed by atoms with Crippen LogP contribution in [0.1, 0.15) is 95.8 Å². The maximum absolute atomic E-state index is 14.0. The van der Waals surface area contributed by atoms with Crippen LogP contribution in [0.5, 0.6) is 0 Å². The van der Waals surface area contributed by atoms with Crippen LogP contribution in [0.25, 0.3) is 0 Å². The fraction of sp³-hybridized carbons (Fsp3) is 0.459. The second kappa shape index (κ2) is 18.4. The van der Waals surface area contributed by atoms with Crippen molar-refractivity contribution >= 4 is 11.8 Å². The van der Waals surface area contributed by atoms with E-state index in [1.54, 1.807) is 23.1 Å². The maximum atomic E-state index is 14.0. The van der Waals surface area contributed by atoms with E-state index in [1.165, 1.54) is 30.5 Å². The molecule has 0 saturated carbocycles. The van der Waals surface area contributed by atoms with Crippen LogP contribution in [-0.2, 0) is 19.4 Å². The first kappa shape index (κ1) is 35.9. The summed E-state index contributed by atoms with van der Waals surface area (Å²) in [5.41, 5.74) is 4.12. The smallest absolute Gasteiger partial charge is 0.253 e. The van der Waals surface area contributed by atoms with Gasteiger partial charge in [0, 0.05) is 43.4 Å².